The Labute approximate surface area is 103 Å². The Morgan fingerprint density at radius 1 is 1.18 bits per heavy atom. The molecule has 88 valence electrons. The van der Waals surface area contributed by atoms with Gasteiger partial charge in [-0.15, -0.1) is 0 Å². The molecule has 0 amide bonds. The highest BCUT2D eigenvalue weighted by Crippen LogP contribution is 2.07. The van der Waals surface area contributed by atoms with Crippen LogP contribution in [0, 0.1) is 6.92 Å². The number of aliphatic imine (C=N–C) groups is 2. The van der Waals surface area contributed by atoms with Crippen molar-refractivity contribution in [2.24, 2.45) is 9.98 Å². The molecule has 0 saturated heterocycles. The van der Waals surface area contributed by atoms with E-state index in [-0.39, 0.29) is 0 Å². The van der Waals surface area contributed by atoms with Crippen molar-refractivity contribution in [1.29, 1.82) is 0 Å². The molecule has 0 aliphatic heterocycles. The summed E-state index contributed by atoms with van der Waals surface area (Å²) in [5.41, 5.74) is 3.95. The zero-order chi connectivity index (χ0) is 12.8. The minimum absolute atomic E-state index is 0.701. The Morgan fingerprint density at radius 2 is 1.76 bits per heavy atom. The number of rotatable bonds is 3. The van der Waals surface area contributed by atoms with Gasteiger partial charge >= 0.3 is 0 Å². The van der Waals surface area contributed by atoms with Crippen LogP contribution in [-0.2, 0) is 0 Å². The van der Waals surface area contributed by atoms with Crippen molar-refractivity contribution in [3.8, 4) is 0 Å². The van der Waals surface area contributed by atoms with Gasteiger partial charge in [0, 0.05) is 18.8 Å². The molecular formula is C15H18N2. The van der Waals surface area contributed by atoms with Crippen molar-refractivity contribution in [2.75, 3.05) is 7.05 Å². The summed E-state index contributed by atoms with van der Waals surface area (Å²) in [6, 6.07) is 8.12. The summed E-state index contributed by atoms with van der Waals surface area (Å²) in [6.07, 6.45) is 1.70. The molecule has 1 aromatic rings. The number of benzene rings is 1. The predicted octanol–water partition coefficient (Wildman–Crippen LogP) is 3.57. The fourth-order valence-electron chi connectivity index (χ4n) is 1.21. The highest BCUT2D eigenvalue weighted by atomic mass is 14.9. The molecule has 0 fully saturated rings. The van der Waals surface area contributed by atoms with Crippen LogP contribution in [0.15, 0.2) is 58.6 Å². The van der Waals surface area contributed by atoms with E-state index in [1.807, 2.05) is 31.2 Å². The van der Waals surface area contributed by atoms with Gasteiger partial charge in [-0.2, -0.15) is 0 Å². The second-order valence-corrected chi connectivity index (χ2v) is 3.98. The van der Waals surface area contributed by atoms with Crippen LogP contribution in [0.2, 0.25) is 0 Å². The zero-order valence-corrected chi connectivity index (χ0v) is 10.7. The third-order valence-corrected chi connectivity index (χ3v) is 2.41. The van der Waals surface area contributed by atoms with Gasteiger partial charge in [0.2, 0.25) is 0 Å². The Hall–Kier alpha value is -1.96. The van der Waals surface area contributed by atoms with E-state index in [2.05, 4.69) is 30.1 Å². The minimum Gasteiger partial charge on any atom is -0.270 e. The van der Waals surface area contributed by atoms with Gasteiger partial charge in [0.15, 0.2) is 5.84 Å². The molecule has 1 aromatic carbocycles. The summed E-state index contributed by atoms with van der Waals surface area (Å²) in [6.45, 7) is 11.6. The summed E-state index contributed by atoms with van der Waals surface area (Å²) in [5, 5.41) is 0. The van der Waals surface area contributed by atoms with E-state index in [4.69, 9.17) is 0 Å². The number of aryl methyl sites for hydroxylation is 1. The van der Waals surface area contributed by atoms with Gasteiger partial charge in [-0.1, -0.05) is 48.6 Å². The number of hydrogen-bond acceptors (Lipinski definition) is 1. The van der Waals surface area contributed by atoms with E-state index in [9.17, 15) is 0 Å². The van der Waals surface area contributed by atoms with Gasteiger partial charge < -0.3 is 0 Å². The van der Waals surface area contributed by atoms with Gasteiger partial charge in [-0.3, -0.25) is 4.99 Å². The predicted molar refractivity (Wildman–Crippen MR) is 76.1 cm³/mol. The quantitative estimate of drug-likeness (QED) is 0.427. The lowest BCUT2D eigenvalue weighted by atomic mass is 10.1. The highest BCUT2D eigenvalue weighted by Gasteiger charge is 1.99. The van der Waals surface area contributed by atoms with Crippen molar-refractivity contribution in [2.45, 2.75) is 13.8 Å². The first kappa shape index (κ1) is 13.1. The third kappa shape index (κ3) is 3.83. The lowest BCUT2D eigenvalue weighted by Crippen LogP contribution is -1.98. The first-order chi connectivity index (χ1) is 8.04. The van der Waals surface area contributed by atoms with Crippen LogP contribution in [0.1, 0.15) is 18.1 Å². The lowest BCUT2D eigenvalue weighted by molar-refractivity contribution is 1.37. The summed E-state index contributed by atoms with van der Waals surface area (Å²) < 4.78 is 0. The summed E-state index contributed by atoms with van der Waals surface area (Å²) >= 11 is 0. The van der Waals surface area contributed by atoms with Crippen LogP contribution in [0.4, 0.5) is 0 Å². The monoisotopic (exact) mass is 226 g/mol. The first-order valence-electron chi connectivity index (χ1n) is 5.47. The Balaban J connectivity index is 2.91. The Kier molecular flexibility index (Phi) is 4.58. The second kappa shape index (κ2) is 5.94. The summed E-state index contributed by atoms with van der Waals surface area (Å²) in [7, 11) is 1.73. The highest BCUT2D eigenvalue weighted by molar-refractivity contribution is 6.05. The lowest BCUT2D eigenvalue weighted by Gasteiger charge is -2.01. The fourth-order valence-corrected chi connectivity index (χ4v) is 1.21. The number of nitrogens with zero attached hydrogens (tertiary/aromatic N) is 2. The molecule has 0 unspecified atom stereocenters. The van der Waals surface area contributed by atoms with E-state index >= 15 is 0 Å². The fraction of sp³-hybridized carbons (Fsp3) is 0.200. The topological polar surface area (TPSA) is 24.7 Å². The van der Waals surface area contributed by atoms with Crippen molar-refractivity contribution < 1.29 is 0 Å². The normalized spacial score (nSPS) is 11.8. The Morgan fingerprint density at radius 3 is 2.24 bits per heavy atom. The SMILES string of the molecule is C=C(C)C(=C)C=NC(=NC)c1ccc(C)cc1. The first-order valence-corrected chi connectivity index (χ1v) is 5.47. The van der Waals surface area contributed by atoms with Gasteiger partial charge in [0.05, 0.1) is 0 Å². The number of allylic oxidation sites excluding steroid dienone is 2. The molecule has 0 N–H and O–H groups in total. The molecule has 17 heavy (non-hydrogen) atoms. The third-order valence-electron chi connectivity index (χ3n) is 2.41. The van der Waals surface area contributed by atoms with E-state index in [0.717, 1.165) is 16.7 Å². The Bertz CT molecular complexity index is 476. The van der Waals surface area contributed by atoms with Crippen molar-refractivity contribution in [1.82, 2.24) is 0 Å². The molecular weight excluding hydrogens is 208 g/mol. The van der Waals surface area contributed by atoms with Crippen LogP contribution < -0.4 is 0 Å². The average Bonchev–Trinajstić information content (AvgIpc) is 2.31. The van der Waals surface area contributed by atoms with Crippen LogP contribution in [-0.4, -0.2) is 19.1 Å². The number of hydrogen-bond donors (Lipinski definition) is 0. The largest absolute Gasteiger partial charge is 0.270 e. The van der Waals surface area contributed by atoms with Crippen LogP contribution in [0.25, 0.3) is 0 Å². The van der Waals surface area contributed by atoms with Gasteiger partial charge in [-0.05, 0) is 19.4 Å². The molecule has 2 nitrogen and oxygen atoms in total. The molecule has 2 heteroatoms. The van der Waals surface area contributed by atoms with Crippen LogP contribution in [0.5, 0.6) is 0 Å². The standard InChI is InChI=1S/C15H18N2/c1-11(2)13(4)10-17-15(16-5)14-8-6-12(3)7-9-14/h6-10H,1,4H2,2-3,5H3. The van der Waals surface area contributed by atoms with E-state index in [0.29, 0.717) is 5.84 Å². The maximum atomic E-state index is 4.33. The molecule has 0 heterocycles. The second-order valence-electron chi connectivity index (χ2n) is 3.98. The smallest absolute Gasteiger partial charge is 0.154 e. The van der Waals surface area contributed by atoms with Crippen molar-refractivity contribution in [3.05, 3.63) is 59.7 Å². The summed E-state index contributed by atoms with van der Waals surface area (Å²) in [4.78, 5) is 8.50. The van der Waals surface area contributed by atoms with Gasteiger partial charge in [0.1, 0.15) is 0 Å². The summed E-state index contributed by atoms with van der Waals surface area (Å²) in [5.74, 6) is 0.701. The minimum atomic E-state index is 0.701. The van der Waals surface area contributed by atoms with Crippen molar-refractivity contribution in [3.63, 3.8) is 0 Å². The van der Waals surface area contributed by atoms with Crippen LogP contribution in [0.3, 0.4) is 0 Å². The molecule has 0 aromatic heterocycles. The molecule has 0 spiro atoms. The van der Waals surface area contributed by atoms with Gasteiger partial charge in [-0.25, -0.2) is 4.99 Å². The molecule has 0 aliphatic carbocycles. The zero-order valence-electron chi connectivity index (χ0n) is 10.7. The number of amidine groups is 1. The maximum Gasteiger partial charge on any atom is 0.154 e. The van der Waals surface area contributed by atoms with E-state index in [1.165, 1.54) is 5.56 Å². The molecule has 0 saturated carbocycles. The maximum absolute atomic E-state index is 4.33. The van der Waals surface area contributed by atoms with Crippen molar-refractivity contribution >= 4 is 12.1 Å². The van der Waals surface area contributed by atoms with Gasteiger partial charge in [0.25, 0.3) is 0 Å². The molecule has 0 bridgehead atoms. The molecule has 0 atom stereocenters. The van der Waals surface area contributed by atoms with E-state index in [1.54, 1.807) is 13.3 Å². The van der Waals surface area contributed by atoms with E-state index < -0.39 is 0 Å². The molecule has 1 rings (SSSR count). The van der Waals surface area contributed by atoms with Crippen LogP contribution >= 0.6 is 0 Å². The molecule has 0 aliphatic rings. The average molecular weight is 226 g/mol. The molecule has 0 radical (unpaired) electrons.